The molecule has 1 aliphatic carbocycles. The number of hydrogen-bond acceptors (Lipinski definition) is 5. The first kappa shape index (κ1) is 21.5. The largest absolute Gasteiger partial charge is 0.497 e. The number of nitrogens with one attached hydrogen (secondary N) is 1. The molecule has 0 bridgehead atoms. The Labute approximate surface area is 185 Å². The molecule has 8 nitrogen and oxygen atoms in total. The predicted octanol–water partition coefficient (Wildman–Crippen LogP) is 2.21. The van der Waals surface area contributed by atoms with Crippen molar-refractivity contribution in [2.45, 2.75) is 33.2 Å². The van der Waals surface area contributed by atoms with Crippen molar-refractivity contribution < 1.29 is 9.53 Å². The molecule has 1 N–H and O–H groups in total. The van der Waals surface area contributed by atoms with E-state index in [0.29, 0.717) is 29.5 Å². The Morgan fingerprint density at radius 3 is 2.59 bits per heavy atom. The summed E-state index contributed by atoms with van der Waals surface area (Å²) in [5.74, 6) is 0.490. The maximum Gasteiger partial charge on any atom is 0.352 e. The van der Waals surface area contributed by atoms with Crippen molar-refractivity contribution in [1.82, 2.24) is 19.7 Å². The number of amides is 1. The van der Waals surface area contributed by atoms with Gasteiger partial charge in [0.05, 0.1) is 19.3 Å². The van der Waals surface area contributed by atoms with Gasteiger partial charge in [0.25, 0.3) is 11.5 Å². The van der Waals surface area contributed by atoms with Crippen molar-refractivity contribution in [1.29, 1.82) is 0 Å². The first-order valence-corrected chi connectivity index (χ1v) is 10.6. The number of benzene rings is 2. The van der Waals surface area contributed by atoms with E-state index in [9.17, 15) is 14.4 Å². The van der Waals surface area contributed by atoms with Crippen LogP contribution >= 0.6 is 0 Å². The molecule has 0 saturated heterocycles. The van der Waals surface area contributed by atoms with Crippen LogP contribution in [0.3, 0.4) is 0 Å². The molecular weight excluding hydrogens is 408 g/mol. The monoisotopic (exact) mass is 434 g/mol. The van der Waals surface area contributed by atoms with Crippen molar-refractivity contribution >= 4 is 5.91 Å². The first-order chi connectivity index (χ1) is 15.4. The van der Waals surface area contributed by atoms with Gasteiger partial charge in [0, 0.05) is 6.54 Å². The van der Waals surface area contributed by atoms with Gasteiger partial charge in [-0.1, -0.05) is 18.2 Å². The number of ether oxygens (including phenoxy) is 1. The third kappa shape index (κ3) is 4.49. The van der Waals surface area contributed by atoms with E-state index >= 15 is 0 Å². The topological polar surface area (TPSA) is 95.2 Å². The van der Waals surface area contributed by atoms with Gasteiger partial charge in [-0.15, -0.1) is 0 Å². The van der Waals surface area contributed by atoms with Crippen molar-refractivity contribution in [3.63, 3.8) is 0 Å². The lowest BCUT2D eigenvalue weighted by Crippen LogP contribution is -2.46. The highest BCUT2D eigenvalue weighted by Gasteiger charge is 2.25. The van der Waals surface area contributed by atoms with Gasteiger partial charge >= 0.3 is 5.69 Å². The lowest BCUT2D eigenvalue weighted by Gasteiger charge is -2.13. The summed E-state index contributed by atoms with van der Waals surface area (Å²) in [5.41, 5.74) is 1.60. The zero-order valence-electron chi connectivity index (χ0n) is 18.4. The first-order valence-electron chi connectivity index (χ1n) is 10.6. The van der Waals surface area contributed by atoms with Crippen LogP contribution in [-0.4, -0.2) is 33.9 Å². The third-order valence-electron chi connectivity index (χ3n) is 5.73. The molecule has 4 rings (SSSR count). The molecule has 8 heteroatoms. The molecule has 1 aliphatic rings. The standard InChI is InChI=1S/C24H26N4O4/c1-15-7-10-19(11-16(15)2)28-24(31)27(14-18-5-4-6-20(12-18)32-3)23(30)21(26-28)22(29)25-13-17-8-9-17/h4-7,10-12,17H,8-9,13-14H2,1-3H3,(H,25,29). The average molecular weight is 434 g/mol. The summed E-state index contributed by atoms with van der Waals surface area (Å²) >= 11 is 0. The molecule has 1 saturated carbocycles. The fourth-order valence-electron chi connectivity index (χ4n) is 3.42. The summed E-state index contributed by atoms with van der Waals surface area (Å²) in [5, 5.41) is 6.96. The number of hydrogen-bond donors (Lipinski definition) is 1. The normalized spacial score (nSPS) is 13.1. The molecule has 0 radical (unpaired) electrons. The zero-order valence-corrected chi connectivity index (χ0v) is 18.4. The van der Waals surface area contributed by atoms with Crippen LogP contribution in [-0.2, 0) is 6.54 Å². The van der Waals surface area contributed by atoms with E-state index in [1.165, 1.54) is 0 Å². The highest BCUT2D eigenvalue weighted by Crippen LogP contribution is 2.27. The van der Waals surface area contributed by atoms with Gasteiger partial charge < -0.3 is 10.1 Å². The molecule has 2 aromatic carbocycles. The second-order valence-electron chi connectivity index (χ2n) is 8.21. The van der Waals surface area contributed by atoms with Gasteiger partial charge in [-0.05, 0) is 73.6 Å². The number of methoxy groups -OCH3 is 1. The molecule has 166 valence electrons. The second kappa shape index (κ2) is 8.82. The summed E-state index contributed by atoms with van der Waals surface area (Å²) in [6.07, 6.45) is 2.13. The van der Waals surface area contributed by atoms with Gasteiger partial charge in [0.1, 0.15) is 5.75 Å². The van der Waals surface area contributed by atoms with Crippen LogP contribution in [0.5, 0.6) is 5.75 Å². The summed E-state index contributed by atoms with van der Waals surface area (Å²) in [6.45, 7) is 4.39. The van der Waals surface area contributed by atoms with Gasteiger partial charge in [-0.25, -0.2) is 4.79 Å². The maximum absolute atomic E-state index is 13.3. The predicted molar refractivity (Wildman–Crippen MR) is 121 cm³/mol. The molecule has 0 aliphatic heterocycles. The minimum atomic E-state index is -0.716. The molecule has 0 atom stereocenters. The van der Waals surface area contributed by atoms with Crippen molar-refractivity contribution in [3.05, 3.63) is 85.7 Å². The van der Waals surface area contributed by atoms with Crippen LogP contribution < -0.4 is 21.3 Å². The quantitative estimate of drug-likeness (QED) is 0.615. The lowest BCUT2D eigenvalue weighted by atomic mass is 10.1. The average Bonchev–Trinajstić information content (AvgIpc) is 3.62. The Morgan fingerprint density at radius 2 is 1.91 bits per heavy atom. The lowest BCUT2D eigenvalue weighted by molar-refractivity contribution is 0.0942. The zero-order chi connectivity index (χ0) is 22.8. The fourth-order valence-corrected chi connectivity index (χ4v) is 3.42. The Balaban J connectivity index is 1.83. The molecule has 1 fully saturated rings. The number of aryl methyl sites for hydroxylation is 2. The molecule has 32 heavy (non-hydrogen) atoms. The van der Waals surface area contributed by atoms with Gasteiger partial charge in [-0.3, -0.25) is 14.2 Å². The van der Waals surface area contributed by atoms with Crippen LogP contribution in [0, 0.1) is 19.8 Å². The number of carbonyl (C=O) groups is 1. The minimum Gasteiger partial charge on any atom is -0.497 e. The Hall–Kier alpha value is -3.68. The van der Waals surface area contributed by atoms with E-state index in [1.54, 1.807) is 37.4 Å². The van der Waals surface area contributed by atoms with E-state index < -0.39 is 17.2 Å². The van der Waals surface area contributed by atoms with Crippen LogP contribution in [0.2, 0.25) is 0 Å². The number of rotatable bonds is 7. The van der Waals surface area contributed by atoms with Crippen LogP contribution in [0.1, 0.15) is 40.0 Å². The molecule has 3 aromatic rings. The van der Waals surface area contributed by atoms with Crippen molar-refractivity contribution in [2.24, 2.45) is 5.92 Å². The molecule has 0 spiro atoms. The van der Waals surface area contributed by atoms with E-state index in [1.807, 2.05) is 26.0 Å². The van der Waals surface area contributed by atoms with E-state index in [-0.39, 0.29) is 12.2 Å². The smallest absolute Gasteiger partial charge is 0.352 e. The number of carbonyl (C=O) groups excluding carboxylic acids is 1. The Kier molecular flexibility index (Phi) is 5.94. The number of aromatic nitrogens is 3. The number of nitrogens with zero attached hydrogens (tertiary/aromatic N) is 3. The van der Waals surface area contributed by atoms with Crippen LogP contribution in [0.25, 0.3) is 5.69 Å². The van der Waals surface area contributed by atoms with E-state index in [0.717, 1.165) is 33.2 Å². The third-order valence-corrected chi connectivity index (χ3v) is 5.73. The van der Waals surface area contributed by atoms with E-state index in [2.05, 4.69) is 10.4 Å². The summed E-state index contributed by atoms with van der Waals surface area (Å²) in [6, 6.07) is 12.6. The summed E-state index contributed by atoms with van der Waals surface area (Å²) < 4.78 is 7.42. The van der Waals surface area contributed by atoms with Crippen LogP contribution in [0.15, 0.2) is 52.1 Å². The molecule has 1 aromatic heterocycles. The highest BCUT2D eigenvalue weighted by atomic mass is 16.5. The van der Waals surface area contributed by atoms with Gasteiger partial charge in [0.2, 0.25) is 5.69 Å². The van der Waals surface area contributed by atoms with Crippen molar-refractivity contribution in [2.75, 3.05) is 13.7 Å². The maximum atomic E-state index is 13.3. The molecule has 1 heterocycles. The fraction of sp³-hybridized carbons (Fsp3) is 0.333. The molecule has 0 unspecified atom stereocenters. The molecule has 1 amide bonds. The van der Waals surface area contributed by atoms with Crippen molar-refractivity contribution in [3.8, 4) is 11.4 Å². The summed E-state index contributed by atoms with van der Waals surface area (Å²) in [7, 11) is 1.55. The van der Waals surface area contributed by atoms with Gasteiger partial charge in [-0.2, -0.15) is 9.78 Å². The Bertz CT molecular complexity index is 1290. The van der Waals surface area contributed by atoms with Crippen LogP contribution in [0.4, 0.5) is 0 Å². The highest BCUT2D eigenvalue weighted by molar-refractivity contribution is 5.91. The van der Waals surface area contributed by atoms with E-state index in [4.69, 9.17) is 4.74 Å². The summed E-state index contributed by atoms with van der Waals surface area (Å²) in [4.78, 5) is 39.2. The second-order valence-corrected chi connectivity index (χ2v) is 8.21. The minimum absolute atomic E-state index is 0.00879. The SMILES string of the molecule is COc1cccc(Cn2c(=O)c(C(=O)NCC3CC3)nn(-c3ccc(C)c(C)c3)c2=O)c1. The van der Waals surface area contributed by atoms with Gasteiger partial charge in [0.15, 0.2) is 0 Å². The Morgan fingerprint density at radius 1 is 1.12 bits per heavy atom. The molecular formula is C24H26N4O4.